The van der Waals surface area contributed by atoms with Gasteiger partial charge in [-0.25, -0.2) is 4.98 Å². The molecule has 1 rings (SSSR count). The molecule has 0 bridgehead atoms. The fraction of sp³-hybridized carbons (Fsp3) is 0.538. The molecule has 0 amide bonds. The number of unbranched alkanes of at least 4 members (excludes halogenated alkanes) is 1. The highest BCUT2D eigenvalue weighted by Gasteiger charge is 2.14. The number of aryl methyl sites for hydroxylation is 2. The zero-order valence-corrected chi connectivity index (χ0v) is 11.9. The largest absolute Gasteiger partial charge is 0.389 e. The van der Waals surface area contributed by atoms with Crippen LogP contribution in [-0.4, -0.2) is 23.6 Å². The molecule has 0 saturated carbocycles. The molecule has 1 aromatic rings. The maximum atomic E-state index is 5.80. The van der Waals surface area contributed by atoms with Crippen molar-refractivity contribution in [3.63, 3.8) is 0 Å². The molecular formula is C13H21N3S. The molecule has 2 N–H and O–H groups in total. The minimum absolute atomic E-state index is 0.424. The molecule has 4 heteroatoms. The van der Waals surface area contributed by atoms with Crippen molar-refractivity contribution in [2.75, 3.05) is 18.5 Å². The Kier molecular flexibility index (Phi) is 4.87. The van der Waals surface area contributed by atoms with Gasteiger partial charge in [-0.1, -0.05) is 25.6 Å². The van der Waals surface area contributed by atoms with Crippen molar-refractivity contribution in [2.45, 2.75) is 33.6 Å². The lowest BCUT2D eigenvalue weighted by Gasteiger charge is -2.22. The van der Waals surface area contributed by atoms with E-state index in [1.807, 2.05) is 27.0 Å². The average molecular weight is 251 g/mol. The second-order valence-corrected chi connectivity index (χ2v) is 4.86. The molecule has 0 saturated heterocycles. The Labute approximate surface area is 109 Å². The highest BCUT2D eigenvalue weighted by atomic mass is 32.1. The second kappa shape index (κ2) is 5.96. The first-order chi connectivity index (χ1) is 7.97. The van der Waals surface area contributed by atoms with Gasteiger partial charge in [0.2, 0.25) is 0 Å². The highest BCUT2D eigenvalue weighted by Crippen LogP contribution is 2.21. The average Bonchev–Trinajstić information content (AvgIpc) is 2.23. The van der Waals surface area contributed by atoms with Crippen LogP contribution in [0.2, 0.25) is 0 Å². The summed E-state index contributed by atoms with van der Waals surface area (Å²) >= 11 is 5.12. The lowest BCUT2D eigenvalue weighted by atomic mass is 10.1. The monoisotopic (exact) mass is 251 g/mol. The SMILES string of the molecule is CCCCN(C)c1nc(C)cc(C)c1C(N)=S. The third-order valence-corrected chi connectivity index (χ3v) is 2.98. The van der Waals surface area contributed by atoms with Gasteiger partial charge in [0, 0.05) is 19.3 Å². The van der Waals surface area contributed by atoms with Gasteiger partial charge >= 0.3 is 0 Å². The highest BCUT2D eigenvalue weighted by molar-refractivity contribution is 7.80. The Bertz CT molecular complexity index is 415. The number of hydrogen-bond acceptors (Lipinski definition) is 3. The molecule has 3 nitrogen and oxygen atoms in total. The number of thiocarbonyl (C=S) groups is 1. The van der Waals surface area contributed by atoms with Crippen molar-refractivity contribution < 1.29 is 0 Å². The van der Waals surface area contributed by atoms with Crippen LogP contribution in [0.4, 0.5) is 5.82 Å². The first kappa shape index (κ1) is 13.9. The molecule has 0 aliphatic carbocycles. The molecule has 0 unspecified atom stereocenters. The van der Waals surface area contributed by atoms with Crippen molar-refractivity contribution in [1.29, 1.82) is 0 Å². The smallest absolute Gasteiger partial charge is 0.139 e. The van der Waals surface area contributed by atoms with E-state index < -0.39 is 0 Å². The Morgan fingerprint density at radius 3 is 2.65 bits per heavy atom. The summed E-state index contributed by atoms with van der Waals surface area (Å²) in [4.78, 5) is 7.13. The van der Waals surface area contributed by atoms with E-state index >= 15 is 0 Å². The lowest BCUT2D eigenvalue weighted by molar-refractivity contribution is 0.757. The number of pyridine rings is 1. The quantitative estimate of drug-likeness (QED) is 0.817. The van der Waals surface area contributed by atoms with Crippen LogP contribution in [0.5, 0.6) is 0 Å². The molecule has 0 aromatic carbocycles. The van der Waals surface area contributed by atoms with E-state index in [1.165, 1.54) is 0 Å². The summed E-state index contributed by atoms with van der Waals surface area (Å²) in [7, 11) is 2.04. The van der Waals surface area contributed by atoms with Crippen LogP contribution in [0.1, 0.15) is 36.6 Å². The molecule has 0 radical (unpaired) electrons. The van der Waals surface area contributed by atoms with Gasteiger partial charge in [-0.05, 0) is 31.9 Å². The van der Waals surface area contributed by atoms with Gasteiger partial charge in [0.1, 0.15) is 10.8 Å². The normalized spacial score (nSPS) is 10.4. The predicted octanol–water partition coefficient (Wildman–Crippen LogP) is 2.57. The van der Waals surface area contributed by atoms with Crippen molar-refractivity contribution in [3.8, 4) is 0 Å². The van der Waals surface area contributed by atoms with Crippen LogP contribution in [0, 0.1) is 13.8 Å². The number of anilines is 1. The van der Waals surface area contributed by atoms with E-state index in [9.17, 15) is 0 Å². The van der Waals surface area contributed by atoms with Crippen LogP contribution in [-0.2, 0) is 0 Å². The van der Waals surface area contributed by atoms with E-state index in [1.54, 1.807) is 0 Å². The van der Waals surface area contributed by atoms with Crippen molar-refractivity contribution in [3.05, 3.63) is 22.9 Å². The van der Waals surface area contributed by atoms with E-state index in [-0.39, 0.29) is 0 Å². The third-order valence-electron chi connectivity index (χ3n) is 2.78. The van der Waals surface area contributed by atoms with E-state index in [0.29, 0.717) is 4.99 Å². The molecule has 0 spiro atoms. The number of hydrogen-bond donors (Lipinski definition) is 1. The lowest BCUT2D eigenvalue weighted by Crippen LogP contribution is -2.25. The first-order valence-electron chi connectivity index (χ1n) is 5.96. The Balaban J connectivity index is 3.15. The van der Waals surface area contributed by atoms with E-state index in [4.69, 9.17) is 18.0 Å². The molecule has 94 valence electrons. The van der Waals surface area contributed by atoms with Crippen LogP contribution in [0.15, 0.2) is 6.07 Å². The third kappa shape index (κ3) is 3.40. The fourth-order valence-electron chi connectivity index (χ4n) is 1.90. The van der Waals surface area contributed by atoms with Crippen LogP contribution in [0.3, 0.4) is 0 Å². The summed E-state index contributed by atoms with van der Waals surface area (Å²) in [6.07, 6.45) is 2.31. The summed E-state index contributed by atoms with van der Waals surface area (Å²) in [6.45, 7) is 7.17. The molecule has 17 heavy (non-hydrogen) atoms. The topological polar surface area (TPSA) is 42.2 Å². The zero-order valence-electron chi connectivity index (χ0n) is 11.1. The summed E-state index contributed by atoms with van der Waals surface area (Å²) in [5.74, 6) is 0.906. The van der Waals surface area contributed by atoms with E-state index in [0.717, 1.165) is 42.0 Å². The molecular weight excluding hydrogens is 230 g/mol. The van der Waals surface area contributed by atoms with Crippen molar-refractivity contribution >= 4 is 23.0 Å². The van der Waals surface area contributed by atoms with Gasteiger partial charge in [-0.15, -0.1) is 0 Å². The molecule has 1 heterocycles. The number of nitrogens with zero attached hydrogens (tertiary/aromatic N) is 2. The summed E-state index contributed by atoms with van der Waals surface area (Å²) in [5, 5.41) is 0. The number of nitrogens with two attached hydrogens (primary N) is 1. The zero-order chi connectivity index (χ0) is 13.0. The standard InChI is InChI=1S/C13H21N3S/c1-5-6-7-16(4)13-11(12(14)17)9(2)8-10(3)15-13/h8H,5-7H2,1-4H3,(H2,14,17). The minimum atomic E-state index is 0.424. The van der Waals surface area contributed by atoms with Gasteiger partial charge in [-0.3, -0.25) is 0 Å². The van der Waals surface area contributed by atoms with Crippen LogP contribution in [0.25, 0.3) is 0 Å². The summed E-state index contributed by atoms with van der Waals surface area (Å²) in [6, 6.07) is 2.02. The molecule has 0 fully saturated rings. The predicted molar refractivity (Wildman–Crippen MR) is 77.8 cm³/mol. The van der Waals surface area contributed by atoms with Crippen molar-refractivity contribution in [1.82, 2.24) is 4.98 Å². The van der Waals surface area contributed by atoms with Gasteiger partial charge < -0.3 is 10.6 Å². The molecule has 0 aliphatic rings. The van der Waals surface area contributed by atoms with Crippen LogP contribution >= 0.6 is 12.2 Å². The minimum Gasteiger partial charge on any atom is -0.389 e. The molecule has 0 atom stereocenters. The van der Waals surface area contributed by atoms with Gasteiger partial charge in [0.05, 0.1) is 5.56 Å². The fourth-order valence-corrected chi connectivity index (χ4v) is 2.15. The van der Waals surface area contributed by atoms with Crippen molar-refractivity contribution in [2.24, 2.45) is 5.73 Å². The number of aromatic nitrogens is 1. The maximum absolute atomic E-state index is 5.80. The molecule has 1 aromatic heterocycles. The molecule has 0 aliphatic heterocycles. The first-order valence-corrected chi connectivity index (χ1v) is 6.37. The van der Waals surface area contributed by atoms with Gasteiger partial charge in [0.25, 0.3) is 0 Å². The van der Waals surface area contributed by atoms with Gasteiger partial charge in [-0.2, -0.15) is 0 Å². The van der Waals surface area contributed by atoms with Crippen LogP contribution < -0.4 is 10.6 Å². The number of rotatable bonds is 5. The Morgan fingerprint density at radius 2 is 2.12 bits per heavy atom. The Hall–Kier alpha value is -1.16. The second-order valence-electron chi connectivity index (χ2n) is 4.42. The Morgan fingerprint density at radius 1 is 1.47 bits per heavy atom. The van der Waals surface area contributed by atoms with E-state index in [2.05, 4.69) is 16.8 Å². The van der Waals surface area contributed by atoms with Gasteiger partial charge in [0.15, 0.2) is 0 Å². The summed E-state index contributed by atoms with van der Waals surface area (Å²) < 4.78 is 0. The summed E-state index contributed by atoms with van der Waals surface area (Å²) in [5.41, 5.74) is 8.80. The maximum Gasteiger partial charge on any atom is 0.139 e.